The van der Waals surface area contributed by atoms with E-state index in [0.29, 0.717) is 50.8 Å². The summed E-state index contributed by atoms with van der Waals surface area (Å²) < 4.78 is 46.3. The van der Waals surface area contributed by atoms with E-state index in [1.165, 1.54) is 30.1 Å². The summed E-state index contributed by atoms with van der Waals surface area (Å²) in [6.45, 7) is 4.01. The molecule has 22 nitrogen and oxygen atoms in total. The van der Waals surface area contributed by atoms with Gasteiger partial charge in [0.25, 0.3) is 0 Å². The number of anilines is 2. The van der Waals surface area contributed by atoms with Crippen molar-refractivity contribution >= 4 is 56.6 Å². The fourth-order valence-electron chi connectivity index (χ4n) is 9.82. The van der Waals surface area contributed by atoms with Crippen molar-refractivity contribution in [1.82, 2.24) is 73.8 Å². The summed E-state index contributed by atoms with van der Waals surface area (Å²) in [5, 5.41) is 2.24. The molecule has 29 heteroatoms. The fraction of sp³-hybridized carbons (Fsp3) is 0.0581. The molecule has 0 fully saturated rings. The van der Waals surface area contributed by atoms with E-state index in [1.807, 2.05) is 314 Å². The molecule has 115 heavy (non-hydrogen) atoms. The number of nitrogens with zero attached hydrogens (tertiary/aromatic N) is 21. The van der Waals surface area contributed by atoms with Gasteiger partial charge in [0, 0.05) is 103 Å². The summed E-state index contributed by atoms with van der Waals surface area (Å²) in [6, 6.07) is 86.5. The number of imidazole rings is 2. The number of rotatable bonds is 8. The summed E-state index contributed by atoms with van der Waals surface area (Å²) in [5.74, 6) is 3.88. The Morgan fingerprint density at radius 3 is 1.24 bits per heavy atom. The van der Waals surface area contributed by atoms with Gasteiger partial charge in [-0.15, -0.1) is 65.5 Å². The number of para-hydroxylation sites is 2. The zero-order valence-electron chi connectivity index (χ0n) is 61.8. The Labute approximate surface area is 716 Å². The molecular formula is C86H70F3Ir4N21O-4. The number of hydrogen-bond donors (Lipinski definition) is 0. The quantitative estimate of drug-likeness (QED) is 0.129. The molecule has 12 aromatic heterocycles. The summed E-state index contributed by atoms with van der Waals surface area (Å²) in [4.78, 5) is 69.0. The van der Waals surface area contributed by atoms with Crippen molar-refractivity contribution in [2.75, 3.05) is 23.9 Å². The van der Waals surface area contributed by atoms with E-state index >= 15 is 0 Å². The van der Waals surface area contributed by atoms with Gasteiger partial charge in [-0.25, -0.2) is 0 Å². The molecule has 2 radical (unpaired) electrons. The average Bonchev–Trinajstić information content (AvgIpc) is 1.63. The summed E-state index contributed by atoms with van der Waals surface area (Å²) >= 11 is 0. The van der Waals surface area contributed by atoms with Crippen molar-refractivity contribution in [1.29, 1.82) is 0 Å². The number of halogens is 3. The number of pyridine rings is 9. The van der Waals surface area contributed by atoms with Gasteiger partial charge in [-0.3, -0.25) is 29.9 Å². The Morgan fingerprint density at radius 1 is 0.409 bits per heavy atom. The first kappa shape index (κ1) is 89.9. The van der Waals surface area contributed by atoms with Crippen molar-refractivity contribution in [3.8, 4) is 22.8 Å². The monoisotopic (exact) mass is 2240 g/mol. The van der Waals surface area contributed by atoms with E-state index in [2.05, 4.69) is 105 Å². The molecule has 14 heterocycles. The SMILES string of the molecule is CN1C=CN(c2[c-]cc3c(c2)oc2ccccc23)[CH-]1.CN1C=CN(c2[c-]cccc2)[CH-]1.Cn1cc(C(F)(F)F)nc1-c1[c-]ccnc1.Cn1ccnc1-c1[c-]cccc1.[Ir+3].[Ir+3].[Ir].[Ir].c1ccc(N=c2cccc[n-]2)nc1.c1ccc(N=c2cccc[n-]2)nc1.c1ccc(N=c2cccc[n-]2)nc1.c1ccc(N=c2cccc[n-]2)nc1. The Bertz CT molecular complexity index is 5380. The van der Waals surface area contributed by atoms with Crippen LogP contribution in [0, 0.1) is 37.6 Å². The van der Waals surface area contributed by atoms with E-state index in [0.717, 1.165) is 50.9 Å². The third-order valence-electron chi connectivity index (χ3n) is 15.0. The molecule has 0 aliphatic carbocycles. The van der Waals surface area contributed by atoms with Gasteiger partial charge in [-0.1, -0.05) is 185 Å². The third-order valence-corrected chi connectivity index (χ3v) is 15.0. The molecule has 2 aliphatic rings. The number of benzene rings is 4. The Balaban J connectivity index is 0.000000182. The van der Waals surface area contributed by atoms with Crippen LogP contribution in [0.4, 0.5) is 47.8 Å². The molecule has 0 unspecified atom stereocenters. The molecule has 18 rings (SSSR count). The van der Waals surface area contributed by atoms with Crippen LogP contribution >= 0.6 is 0 Å². The van der Waals surface area contributed by atoms with Crippen molar-refractivity contribution < 1.29 is 98.0 Å². The van der Waals surface area contributed by atoms with Gasteiger partial charge in [-0.2, -0.15) is 69.0 Å². The van der Waals surface area contributed by atoms with Crippen LogP contribution in [0.1, 0.15) is 5.69 Å². The minimum atomic E-state index is -4.43. The molecule has 0 spiro atoms. The zero-order valence-corrected chi connectivity index (χ0v) is 71.3. The van der Waals surface area contributed by atoms with E-state index < -0.39 is 11.9 Å². The number of aryl methyl sites for hydroxylation is 2. The van der Waals surface area contributed by atoms with Gasteiger partial charge >= 0.3 is 46.4 Å². The normalized spacial score (nSPS) is 12.0. The first-order chi connectivity index (χ1) is 54.3. The summed E-state index contributed by atoms with van der Waals surface area (Å²) in [6.07, 6.45) is 24.8. The number of alkyl halides is 3. The first-order valence-corrected chi connectivity index (χ1v) is 34.2. The average molecular weight is 2240 g/mol. The van der Waals surface area contributed by atoms with E-state index in [4.69, 9.17) is 4.42 Å². The van der Waals surface area contributed by atoms with Crippen molar-refractivity contribution in [3.05, 3.63) is 407 Å². The van der Waals surface area contributed by atoms with Gasteiger partial charge < -0.3 is 78.0 Å². The number of aromatic nitrogens is 13. The van der Waals surface area contributed by atoms with Crippen LogP contribution in [0.15, 0.2) is 366 Å². The standard InChI is InChI=1S/C16H12N2O.C10H7F3N3.4C10H8N3.C10H10N2.C10H9N2.4Ir/c1-17-8-9-18(11-17)12-6-7-14-13-4-2-3-5-15(13)19-16(14)10-12;1-16-6-8(10(11,12)13)15-9(16)7-3-2-4-14-5-7;4*1-3-7-11-9(5-1)13-10-6-2-4-8-12-10;1-11-7-8-12(9-11)10-5-3-2-4-6-10;1-12-8-7-11-10(12)9-5-3-2-4-6-9;;;;/h2-5,7-11H,1H3;2,4-6H,1H3;4*1-8H;2-5,7-9H,1H3;2-5,7-8H,1H3;;;;/q-2;5*-1;-2;-1;;;2*+3. The van der Waals surface area contributed by atoms with Crippen LogP contribution in [0.5, 0.6) is 0 Å². The van der Waals surface area contributed by atoms with Crippen LogP contribution in [0.2, 0.25) is 0 Å². The van der Waals surface area contributed by atoms with Gasteiger partial charge in [0.05, 0.1) is 34.9 Å². The Morgan fingerprint density at radius 2 is 0.861 bits per heavy atom. The smallest absolute Gasteiger partial charge is 0.510 e. The van der Waals surface area contributed by atoms with Gasteiger partial charge in [0.15, 0.2) is 5.69 Å². The molecule has 0 atom stereocenters. The van der Waals surface area contributed by atoms with Crippen molar-refractivity contribution in [2.24, 2.45) is 34.1 Å². The number of hydrogen-bond acceptors (Lipinski definition) is 16. The Kier molecular flexibility index (Phi) is 37.5. The van der Waals surface area contributed by atoms with E-state index in [1.54, 1.807) is 55.8 Å². The first-order valence-electron chi connectivity index (χ1n) is 34.2. The van der Waals surface area contributed by atoms with Crippen LogP contribution in [0.25, 0.3) is 44.7 Å². The van der Waals surface area contributed by atoms with Gasteiger partial charge in [-0.05, 0) is 98.9 Å². The van der Waals surface area contributed by atoms with E-state index in [-0.39, 0.29) is 86.2 Å². The molecule has 586 valence electrons. The topological polar surface area (TPSA) is 232 Å². The van der Waals surface area contributed by atoms with Crippen LogP contribution in [0.3, 0.4) is 0 Å². The Hall–Kier alpha value is -12.3. The maximum atomic E-state index is 12.4. The summed E-state index contributed by atoms with van der Waals surface area (Å²) in [5.41, 5.74) is 7.13. The van der Waals surface area contributed by atoms with Crippen LogP contribution in [-0.4, -0.2) is 67.9 Å². The molecular weight excluding hydrogens is 2170 g/mol. The van der Waals surface area contributed by atoms with E-state index in [9.17, 15) is 13.2 Å². The largest absolute Gasteiger partial charge is 3.00 e. The molecule has 16 aromatic rings. The molecule has 0 bridgehead atoms. The number of furan rings is 1. The zero-order chi connectivity index (χ0) is 77.1. The molecule has 0 N–H and O–H groups in total. The number of fused-ring (bicyclic) bond motifs is 3. The van der Waals surface area contributed by atoms with Gasteiger partial charge in [0.1, 0.15) is 5.58 Å². The minimum absolute atomic E-state index is 0. The maximum absolute atomic E-state index is 12.4. The minimum Gasteiger partial charge on any atom is -0.510 e. The van der Waals surface area contributed by atoms with Crippen LogP contribution < -0.4 is 51.7 Å². The second-order valence-corrected chi connectivity index (χ2v) is 23.2. The summed E-state index contributed by atoms with van der Waals surface area (Å²) in [7, 11) is 7.47. The van der Waals surface area contributed by atoms with Crippen LogP contribution in [-0.2, 0) is 101 Å². The van der Waals surface area contributed by atoms with Crippen molar-refractivity contribution in [2.45, 2.75) is 6.18 Å². The molecule has 0 saturated heterocycles. The molecule has 2 aliphatic heterocycles. The van der Waals surface area contributed by atoms with Gasteiger partial charge in [0.2, 0.25) is 0 Å². The maximum Gasteiger partial charge on any atom is 3.00 e. The second kappa shape index (κ2) is 47.9. The molecule has 0 saturated carbocycles. The third kappa shape index (κ3) is 29.3. The predicted octanol–water partition coefficient (Wildman–Crippen LogP) is 14.8. The second-order valence-electron chi connectivity index (χ2n) is 23.2. The van der Waals surface area contributed by atoms with Crippen molar-refractivity contribution in [3.63, 3.8) is 0 Å². The molecule has 4 aromatic carbocycles. The fourth-order valence-corrected chi connectivity index (χ4v) is 9.82. The predicted molar refractivity (Wildman–Crippen MR) is 420 cm³/mol. The molecule has 0 amide bonds.